The summed E-state index contributed by atoms with van der Waals surface area (Å²) in [6, 6.07) is 5.84. The number of nitrogens with zero attached hydrogens (tertiary/aromatic N) is 3. The summed E-state index contributed by atoms with van der Waals surface area (Å²) in [4.78, 5) is 25.6. The number of amides is 1. The van der Waals surface area contributed by atoms with Crippen molar-refractivity contribution in [3.05, 3.63) is 64.8 Å². The van der Waals surface area contributed by atoms with E-state index >= 15 is 0 Å². The van der Waals surface area contributed by atoms with Gasteiger partial charge in [-0.05, 0) is 38.0 Å². The Hall–Kier alpha value is -3.43. The molecule has 10 heteroatoms. The molecule has 3 aromatic rings. The van der Waals surface area contributed by atoms with E-state index in [2.05, 4.69) is 15.6 Å². The zero-order chi connectivity index (χ0) is 21.6. The van der Waals surface area contributed by atoms with Crippen molar-refractivity contribution in [1.82, 2.24) is 14.9 Å². The molecule has 1 unspecified atom stereocenters. The fourth-order valence-electron chi connectivity index (χ4n) is 3.60. The van der Waals surface area contributed by atoms with Gasteiger partial charge in [0.05, 0.1) is 29.4 Å². The molecular weight excluding hydrogens is 401 g/mol. The maximum Gasteiger partial charge on any atom is 0.416 e. The molecule has 0 radical (unpaired) electrons. The summed E-state index contributed by atoms with van der Waals surface area (Å²) in [6.07, 6.45) is -2.68. The van der Waals surface area contributed by atoms with Crippen LogP contribution in [0, 0.1) is 6.92 Å². The van der Waals surface area contributed by atoms with Crippen molar-refractivity contribution in [1.29, 1.82) is 0 Å². The number of hydrogen-bond acceptors (Lipinski definition) is 5. The van der Waals surface area contributed by atoms with Gasteiger partial charge in [0.1, 0.15) is 11.5 Å². The first-order valence-electron chi connectivity index (χ1n) is 9.18. The molecule has 1 aliphatic rings. The van der Waals surface area contributed by atoms with Crippen molar-refractivity contribution in [2.24, 2.45) is 0 Å². The fourth-order valence-corrected chi connectivity index (χ4v) is 3.60. The maximum absolute atomic E-state index is 13.2. The lowest BCUT2D eigenvalue weighted by Gasteiger charge is -2.28. The first kappa shape index (κ1) is 19.9. The molecule has 30 heavy (non-hydrogen) atoms. The van der Waals surface area contributed by atoms with E-state index in [1.165, 1.54) is 29.1 Å². The molecule has 2 atom stereocenters. The van der Waals surface area contributed by atoms with Gasteiger partial charge in [-0.1, -0.05) is 17.3 Å². The van der Waals surface area contributed by atoms with Crippen LogP contribution in [0.25, 0.3) is 0 Å². The number of Topliss-reactive ketones (excluding diaryl/α,β-unsaturated/α-hetero) is 1. The molecule has 3 heterocycles. The standard InChI is InChI=1S/C20H17F3N4O3/c1-10-7-14(12-3-5-13(6-4-12)20(21,22)23)18(28)17-16(9-24-27(10)17)25-19(29)15-8-11(2)30-26-15/h3-6,8-10,14H,7H2,1-2H3,(H,25,29)/t10-,14?/m0/s1. The van der Waals surface area contributed by atoms with Crippen molar-refractivity contribution in [3.8, 4) is 0 Å². The van der Waals surface area contributed by atoms with Crippen LogP contribution in [-0.2, 0) is 6.18 Å². The van der Waals surface area contributed by atoms with Gasteiger partial charge in [0.15, 0.2) is 11.5 Å². The van der Waals surface area contributed by atoms with Crippen LogP contribution < -0.4 is 5.32 Å². The normalized spacial score (nSPS) is 18.9. The minimum absolute atomic E-state index is 0.0584. The van der Waals surface area contributed by atoms with Crippen LogP contribution in [0.4, 0.5) is 18.9 Å². The van der Waals surface area contributed by atoms with Crippen LogP contribution in [0.5, 0.6) is 0 Å². The summed E-state index contributed by atoms with van der Waals surface area (Å²) < 4.78 is 44.9. The van der Waals surface area contributed by atoms with Crippen molar-refractivity contribution in [2.45, 2.75) is 38.4 Å². The third-order valence-corrected chi connectivity index (χ3v) is 5.09. The average molecular weight is 418 g/mol. The molecule has 2 aromatic heterocycles. The third-order valence-electron chi connectivity index (χ3n) is 5.09. The number of aryl methyl sites for hydroxylation is 1. The molecule has 7 nitrogen and oxygen atoms in total. The number of benzene rings is 1. The molecule has 0 spiro atoms. The van der Waals surface area contributed by atoms with Crippen LogP contribution in [-0.4, -0.2) is 26.6 Å². The molecule has 0 fully saturated rings. The molecule has 0 bridgehead atoms. The summed E-state index contributed by atoms with van der Waals surface area (Å²) >= 11 is 0. The first-order chi connectivity index (χ1) is 14.1. The number of carbonyl (C=O) groups is 2. The molecule has 1 aromatic carbocycles. The van der Waals surface area contributed by atoms with Crippen molar-refractivity contribution in [2.75, 3.05) is 5.32 Å². The van der Waals surface area contributed by atoms with E-state index in [0.29, 0.717) is 17.7 Å². The van der Waals surface area contributed by atoms with Gasteiger partial charge >= 0.3 is 6.18 Å². The molecule has 0 saturated heterocycles. The number of fused-ring (bicyclic) bond motifs is 1. The van der Waals surface area contributed by atoms with Crippen LogP contribution in [0.2, 0.25) is 0 Å². The molecule has 156 valence electrons. The number of alkyl halides is 3. The zero-order valence-corrected chi connectivity index (χ0v) is 16.0. The number of ketones is 1. The van der Waals surface area contributed by atoms with Gasteiger partial charge in [0, 0.05) is 6.07 Å². The highest BCUT2D eigenvalue weighted by Crippen LogP contribution is 2.39. The predicted octanol–water partition coefficient (Wildman–Crippen LogP) is 4.38. The highest BCUT2D eigenvalue weighted by Gasteiger charge is 2.37. The first-order valence-corrected chi connectivity index (χ1v) is 9.18. The van der Waals surface area contributed by atoms with E-state index in [-0.39, 0.29) is 28.9 Å². The number of rotatable bonds is 3. The topological polar surface area (TPSA) is 90.0 Å². The summed E-state index contributed by atoms with van der Waals surface area (Å²) in [5.41, 5.74) is 0.185. The second kappa shape index (κ2) is 7.12. The van der Waals surface area contributed by atoms with Gasteiger partial charge in [-0.3, -0.25) is 14.3 Å². The number of anilines is 1. The lowest BCUT2D eigenvalue weighted by atomic mass is 9.84. The van der Waals surface area contributed by atoms with E-state index in [1.807, 2.05) is 6.92 Å². The molecular formula is C20H17F3N4O3. The van der Waals surface area contributed by atoms with Crippen molar-refractivity contribution < 1.29 is 27.3 Å². The smallest absolute Gasteiger partial charge is 0.361 e. The van der Waals surface area contributed by atoms with Gasteiger partial charge < -0.3 is 9.84 Å². The van der Waals surface area contributed by atoms with Crippen molar-refractivity contribution in [3.63, 3.8) is 0 Å². The number of carbonyl (C=O) groups excluding carboxylic acids is 2. The summed E-state index contributed by atoms with van der Waals surface area (Å²) in [5.74, 6) is -1.06. The fraction of sp³-hybridized carbons (Fsp3) is 0.300. The average Bonchev–Trinajstić information content (AvgIpc) is 3.31. The molecule has 1 amide bonds. The van der Waals surface area contributed by atoms with Gasteiger partial charge in [-0.2, -0.15) is 18.3 Å². The Labute approximate surface area is 168 Å². The van der Waals surface area contributed by atoms with Crippen LogP contribution in [0.3, 0.4) is 0 Å². The Kier molecular flexibility index (Phi) is 4.71. The number of halogens is 3. The maximum atomic E-state index is 13.2. The minimum Gasteiger partial charge on any atom is -0.361 e. The Morgan fingerprint density at radius 2 is 1.97 bits per heavy atom. The number of aromatic nitrogens is 3. The number of hydrogen-bond donors (Lipinski definition) is 1. The van der Waals surface area contributed by atoms with Crippen LogP contribution >= 0.6 is 0 Å². The monoisotopic (exact) mass is 418 g/mol. The van der Waals surface area contributed by atoms with E-state index in [9.17, 15) is 22.8 Å². The molecule has 1 N–H and O–H groups in total. The molecule has 0 saturated carbocycles. The Balaban J connectivity index is 1.63. The second-order valence-corrected chi connectivity index (χ2v) is 7.25. The van der Waals surface area contributed by atoms with Gasteiger partial charge in [-0.15, -0.1) is 0 Å². The van der Waals surface area contributed by atoms with E-state index in [4.69, 9.17) is 4.52 Å². The Bertz CT molecular complexity index is 1120. The second-order valence-electron chi connectivity index (χ2n) is 7.25. The molecule has 0 aliphatic carbocycles. The predicted molar refractivity (Wildman–Crippen MR) is 99.3 cm³/mol. The van der Waals surface area contributed by atoms with Crippen LogP contribution in [0.1, 0.15) is 63.2 Å². The third kappa shape index (κ3) is 3.49. The van der Waals surface area contributed by atoms with Gasteiger partial charge in [0.25, 0.3) is 5.91 Å². The lowest BCUT2D eigenvalue weighted by molar-refractivity contribution is -0.137. The lowest BCUT2D eigenvalue weighted by Crippen LogP contribution is -2.29. The minimum atomic E-state index is -4.45. The highest BCUT2D eigenvalue weighted by atomic mass is 19.4. The Morgan fingerprint density at radius 3 is 2.57 bits per heavy atom. The largest absolute Gasteiger partial charge is 0.416 e. The van der Waals surface area contributed by atoms with E-state index in [1.54, 1.807) is 6.92 Å². The van der Waals surface area contributed by atoms with E-state index < -0.39 is 23.6 Å². The van der Waals surface area contributed by atoms with Crippen LogP contribution in [0.15, 0.2) is 41.1 Å². The molecule has 4 rings (SSSR count). The van der Waals surface area contributed by atoms with Gasteiger partial charge in [-0.25, -0.2) is 0 Å². The van der Waals surface area contributed by atoms with Crippen molar-refractivity contribution >= 4 is 17.4 Å². The summed E-state index contributed by atoms with van der Waals surface area (Å²) in [5, 5.41) is 10.5. The highest BCUT2D eigenvalue weighted by molar-refractivity contribution is 6.10. The van der Waals surface area contributed by atoms with E-state index in [0.717, 1.165) is 12.1 Å². The van der Waals surface area contributed by atoms with Gasteiger partial charge in [0.2, 0.25) is 0 Å². The summed E-state index contributed by atoms with van der Waals surface area (Å²) in [6.45, 7) is 3.50. The SMILES string of the molecule is Cc1cc(C(=O)Nc2cnn3c2C(=O)C(c2ccc(C(F)(F)F)cc2)C[C@@H]3C)no1. The zero-order valence-electron chi connectivity index (χ0n) is 16.0. The quantitative estimate of drug-likeness (QED) is 0.682. The summed E-state index contributed by atoms with van der Waals surface area (Å²) in [7, 11) is 0. The molecule has 1 aliphatic heterocycles. The Morgan fingerprint density at radius 1 is 1.27 bits per heavy atom. The number of nitrogens with one attached hydrogen (secondary N) is 1.